The summed E-state index contributed by atoms with van der Waals surface area (Å²) >= 11 is 0. The van der Waals surface area contributed by atoms with Gasteiger partial charge in [-0.2, -0.15) is 0 Å². The molecule has 0 saturated heterocycles. The standard InChI is InChI=1S/C14H17N3/c1-3-12-9-13(15)17-14(16-12)8-11-7-5-4-6-10(11)2/h4-7,9H,3,8H2,1-2H3,(H2,15,16,17). The minimum atomic E-state index is 0.556. The Bertz CT molecular complexity index is 521. The van der Waals surface area contributed by atoms with E-state index in [0.29, 0.717) is 5.82 Å². The molecule has 0 bridgehead atoms. The van der Waals surface area contributed by atoms with Crippen molar-refractivity contribution >= 4 is 5.82 Å². The van der Waals surface area contributed by atoms with E-state index in [1.807, 2.05) is 18.2 Å². The fraction of sp³-hybridized carbons (Fsp3) is 0.286. The zero-order valence-corrected chi connectivity index (χ0v) is 10.3. The van der Waals surface area contributed by atoms with Crippen LogP contribution >= 0.6 is 0 Å². The maximum Gasteiger partial charge on any atom is 0.135 e. The van der Waals surface area contributed by atoms with Gasteiger partial charge in [0.25, 0.3) is 0 Å². The second kappa shape index (κ2) is 4.95. The number of nitrogens with zero attached hydrogens (tertiary/aromatic N) is 2. The van der Waals surface area contributed by atoms with Crippen molar-refractivity contribution in [2.45, 2.75) is 26.7 Å². The van der Waals surface area contributed by atoms with E-state index in [4.69, 9.17) is 5.73 Å². The van der Waals surface area contributed by atoms with Gasteiger partial charge < -0.3 is 5.73 Å². The summed E-state index contributed by atoms with van der Waals surface area (Å²) in [6, 6.07) is 10.1. The number of benzene rings is 1. The first-order valence-electron chi connectivity index (χ1n) is 5.86. The van der Waals surface area contributed by atoms with E-state index >= 15 is 0 Å². The first kappa shape index (κ1) is 11.6. The molecule has 0 amide bonds. The molecule has 1 heterocycles. The van der Waals surface area contributed by atoms with E-state index in [2.05, 4.69) is 35.9 Å². The van der Waals surface area contributed by atoms with Gasteiger partial charge in [-0.3, -0.25) is 0 Å². The molecule has 1 aromatic carbocycles. The second-order valence-corrected chi connectivity index (χ2v) is 4.16. The number of aromatic nitrogens is 2. The van der Waals surface area contributed by atoms with Crippen LogP contribution in [0, 0.1) is 6.92 Å². The molecule has 0 aliphatic carbocycles. The lowest BCUT2D eigenvalue weighted by atomic mass is 10.1. The zero-order chi connectivity index (χ0) is 12.3. The summed E-state index contributed by atoms with van der Waals surface area (Å²) in [6.07, 6.45) is 1.62. The monoisotopic (exact) mass is 227 g/mol. The minimum Gasteiger partial charge on any atom is -0.384 e. The molecule has 2 rings (SSSR count). The van der Waals surface area contributed by atoms with Gasteiger partial charge in [0.2, 0.25) is 0 Å². The number of aryl methyl sites for hydroxylation is 2. The Morgan fingerprint density at radius 2 is 1.94 bits per heavy atom. The molecule has 0 unspecified atom stereocenters. The van der Waals surface area contributed by atoms with Gasteiger partial charge >= 0.3 is 0 Å². The molecule has 17 heavy (non-hydrogen) atoms. The van der Waals surface area contributed by atoms with E-state index in [9.17, 15) is 0 Å². The van der Waals surface area contributed by atoms with Crippen LogP contribution in [0.4, 0.5) is 5.82 Å². The third-order valence-electron chi connectivity index (χ3n) is 2.82. The zero-order valence-electron chi connectivity index (χ0n) is 10.3. The summed E-state index contributed by atoms with van der Waals surface area (Å²) < 4.78 is 0. The van der Waals surface area contributed by atoms with E-state index < -0.39 is 0 Å². The predicted molar refractivity (Wildman–Crippen MR) is 69.8 cm³/mol. The lowest BCUT2D eigenvalue weighted by Gasteiger charge is -2.06. The van der Waals surface area contributed by atoms with Gasteiger partial charge in [-0.05, 0) is 24.5 Å². The van der Waals surface area contributed by atoms with Gasteiger partial charge in [0.15, 0.2) is 0 Å². The molecule has 0 atom stereocenters. The Morgan fingerprint density at radius 3 is 2.65 bits per heavy atom. The quantitative estimate of drug-likeness (QED) is 0.876. The summed E-state index contributed by atoms with van der Waals surface area (Å²) in [5, 5.41) is 0. The van der Waals surface area contributed by atoms with Gasteiger partial charge in [0, 0.05) is 18.2 Å². The maximum atomic E-state index is 5.78. The molecule has 88 valence electrons. The van der Waals surface area contributed by atoms with Crippen LogP contribution in [0.2, 0.25) is 0 Å². The third kappa shape index (κ3) is 2.81. The Labute approximate surface area is 102 Å². The Morgan fingerprint density at radius 1 is 1.18 bits per heavy atom. The van der Waals surface area contributed by atoms with Crippen molar-refractivity contribution in [3.63, 3.8) is 0 Å². The number of nitrogens with two attached hydrogens (primary N) is 1. The molecule has 0 saturated carbocycles. The van der Waals surface area contributed by atoms with Gasteiger partial charge in [-0.1, -0.05) is 31.2 Å². The Balaban J connectivity index is 2.30. The van der Waals surface area contributed by atoms with Crippen molar-refractivity contribution in [2.24, 2.45) is 0 Å². The smallest absolute Gasteiger partial charge is 0.135 e. The normalized spacial score (nSPS) is 10.5. The van der Waals surface area contributed by atoms with E-state index in [1.54, 1.807) is 0 Å². The molecule has 0 fully saturated rings. The van der Waals surface area contributed by atoms with E-state index in [0.717, 1.165) is 24.4 Å². The number of nitrogen functional groups attached to an aromatic ring is 1. The molecule has 3 heteroatoms. The van der Waals surface area contributed by atoms with Crippen molar-refractivity contribution in [2.75, 3.05) is 5.73 Å². The summed E-state index contributed by atoms with van der Waals surface area (Å²) in [5.74, 6) is 1.36. The van der Waals surface area contributed by atoms with Gasteiger partial charge in [-0.25, -0.2) is 9.97 Å². The van der Waals surface area contributed by atoms with Gasteiger partial charge in [0.1, 0.15) is 11.6 Å². The predicted octanol–water partition coefficient (Wildman–Crippen LogP) is 2.52. The molecule has 0 aliphatic rings. The topological polar surface area (TPSA) is 51.8 Å². The first-order chi connectivity index (χ1) is 8.19. The fourth-order valence-corrected chi connectivity index (χ4v) is 1.81. The second-order valence-electron chi connectivity index (χ2n) is 4.16. The van der Waals surface area contributed by atoms with Crippen molar-refractivity contribution in [3.8, 4) is 0 Å². The number of rotatable bonds is 3. The van der Waals surface area contributed by atoms with Gasteiger partial charge in [0.05, 0.1) is 0 Å². The summed E-state index contributed by atoms with van der Waals surface area (Å²) in [4.78, 5) is 8.78. The highest BCUT2D eigenvalue weighted by atomic mass is 14.9. The van der Waals surface area contributed by atoms with Crippen molar-refractivity contribution in [1.29, 1.82) is 0 Å². The molecule has 3 nitrogen and oxygen atoms in total. The Hall–Kier alpha value is -1.90. The van der Waals surface area contributed by atoms with Crippen molar-refractivity contribution < 1.29 is 0 Å². The molecule has 0 radical (unpaired) electrons. The molecular weight excluding hydrogens is 210 g/mol. The van der Waals surface area contributed by atoms with Crippen LogP contribution in [0.5, 0.6) is 0 Å². The van der Waals surface area contributed by atoms with Crippen LogP contribution in [0.1, 0.15) is 29.6 Å². The highest BCUT2D eigenvalue weighted by Gasteiger charge is 2.04. The number of anilines is 1. The fourth-order valence-electron chi connectivity index (χ4n) is 1.81. The molecular formula is C14H17N3. The van der Waals surface area contributed by atoms with E-state index in [-0.39, 0.29) is 0 Å². The summed E-state index contributed by atoms with van der Waals surface area (Å²) in [5.41, 5.74) is 9.29. The largest absolute Gasteiger partial charge is 0.384 e. The lowest BCUT2D eigenvalue weighted by molar-refractivity contribution is 0.907. The lowest BCUT2D eigenvalue weighted by Crippen LogP contribution is -2.04. The average molecular weight is 227 g/mol. The molecule has 0 aliphatic heterocycles. The Kier molecular flexibility index (Phi) is 3.38. The SMILES string of the molecule is CCc1cc(N)nc(Cc2ccccc2C)n1. The van der Waals surface area contributed by atoms with Crippen LogP contribution in [-0.4, -0.2) is 9.97 Å². The molecule has 2 N–H and O–H groups in total. The van der Waals surface area contributed by atoms with Gasteiger partial charge in [-0.15, -0.1) is 0 Å². The van der Waals surface area contributed by atoms with Crippen LogP contribution in [0.15, 0.2) is 30.3 Å². The molecule has 1 aromatic heterocycles. The maximum absolute atomic E-state index is 5.78. The average Bonchev–Trinajstić information content (AvgIpc) is 2.31. The van der Waals surface area contributed by atoms with Crippen molar-refractivity contribution in [3.05, 3.63) is 53.0 Å². The summed E-state index contributed by atoms with van der Waals surface area (Å²) in [6.45, 7) is 4.17. The van der Waals surface area contributed by atoms with Crippen LogP contribution in [-0.2, 0) is 12.8 Å². The highest BCUT2D eigenvalue weighted by molar-refractivity contribution is 5.33. The van der Waals surface area contributed by atoms with Crippen LogP contribution in [0.25, 0.3) is 0 Å². The highest BCUT2D eigenvalue weighted by Crippen LogP contribution is 2.12. The molecule has 0 spiro atoms. The first-order valence-corrected chi connectivity index (χ1v) is 5.86. The number of hydrogen-bond donors (Lipinski definition) is 1. The van der Waals surface area contributed by atoms with Crippen LogP contribution < -0.4 is 5.73 Å². The van der Waals surface area contributed by atoms with E-state index in [1.165, 1.54) is 11.1 Å². The summed E-state index contributed by atoms with van der Waals surface area (Å²) in [7, 11) is 0. The van der Waals surface area contributed by atoms with Crippen LogP contribution in [0.3, 0.4) is 0 Å². The van der Waals surface area contributed by atoms with Crippen molar-refractivity contribution in [1.82, 2.24) is 9.97 Å². The molecule has 2 aromatic rings. The number of hydrogen-bond acceptors (Lipinski definition) is 3. The minimum absolute atomic E-state index is 0.556. The third-order valence-corrected chi connectivity index (χ3v) is 2.82.